The molecule has 1 heterocycles. The molecule has 4 heteroatoms. The largest absolute Gasteiger partial charge is 0.292 e. The van der Waals surface area contributed by atoms with Crippen LogP contribution in [0.4, 0.5) is 10.1 Å². The van der Waals surface area contributed by atoms with Crippen LogP contribution in [0.3, 0.4) is 0 Å². The fourth-order valence-electron chi connectivity index (χ4n) is 1.50. The maximum atomic E-state index is 12.9. The fourth-order valence-corrected chi connectivity index (χ4v) is 1.75. The number of rotatable bonds is 1. The highest BCUT2D eigenvalue weighted by molar-refractivity contribution is 7.80. The molecule has 0 spiro atoms. The third-order valence-electron chi connectivity index (χ3n) is 2.17. The molecule has 1 aromatic carbocycles. The monoisotopic (exact) mass is 210 g/mol. The molecular formula is C10H11FN2S. The van der Waals surface area contributed by atoms with E-state index in [4.69, 9.17) is 12.2 Å². The lowest BCUT2D eigenvalue weighted by Crippen LogP contribution is -2.46. The van der Waals surface area contributed by atoms with E-state index in [1.54, 1.807) is 6.07 Å². The second-order valence-electron chi connectivity index (χ2n) is 3.27. The van der Waals surface area contributed by atoms with Crippen LogP contribution in [0.1, 0.15) is 12.8 Å². The summed E-state index contributed by atoms with van der Waals surface area (Å²) in [4.78, 5) is 0.820. The second-order valence-corrected chi connectivity index (χ2v) is 3.76. The minimum atomic E-state index is -0.221. The third-order valence-corrected chi connectivity index (χ3v) is 2.46. The van der Waals surface area contributed by atoms with Crippen LogP contribution in [0, 0.1) is 5.82 Å². The van der Waals surface area contributed by atoms with Crippen LogP contribution in [0.2, 0.25) is 0 Å². The first-order chi connectivity index (χ1) is 6.75. The molecule has 0 atom stereocenters. The standard InChI is InChI=1S/C10H11FN2S/c11-8-3-1-4-9(7-8)13-6-2-5-10(14)12-13/h1,3-4,7H,2,5-6H2,(H,12,14). The summed E-state index contributed by atoms with van der Waals surface area (Å²) in [6.45, 7) is 0.865. The second kappa shape index (κ2) is 3.92. The molecule has 0 amide bonds. The Bertz CT molecular complexity index is 354. The van der Waals surface area contributed by atoms with Crippen molar-refractivity contribution in [2.24, 2.45) is 0 Å². The molecule has 14 heavy (non-hydrogen) atoms. The van der Waals surface area contributed by atoms with E-state index in [0.717, 1.165) is 30.1 Å². The van der Waals surface area contributed by atoms with Crippen LogP contribution < -0.4 is 10.4 Å². The van der Waals surface area contributed by atoms with Crippen molar-refractivity contribution in [3.8, 4) is 0 Å². The highest BCUT2D eigenvalue weighted by atomic mass is 32.1. The van der Waals surface area contributed by atoms with E-state index >= 15 is 0 Å². The number of benzene rings is 1. The summed E-state index contributed by atoms with van der Waals surface area (Å²) in [6, 6.07) is 6.50. The molecule has 0 saturated carbocycles. The molecule has 0 aromatic heterocycles. The van der Waals surface area contributed by atoms with Gasteiger partial charge in [-0.15, -0.1) is 0 Å². The number of hydrogen-bond acceptors (Lipinski definition) is 2. The Hall–Kier alpha value is -1.16. The van der Waals surface area contributed by atoms with Gasteiger partial charge in [-0.05, 0) is 24.6 Å². The van der Waals surface area contributed by atoms with Crippen LogP contribution in [0.25, 0.3) is 0 Å². The Labute approximate surface area is 87.7 Å². The van der Waals surface area contributed by atoms with Crippen molar-refractivity contribution in [3.05, 3.63) is 30.1 Å². The molecule has 0 bridgehead atoms. The average molecular weight is 210 g/mol. The van der Waals surface area contributed by atoms with E-state index in [-0.39, 0.29) is 5.82 Å². The van der Waals surface area contributed by atoms with E-state index in [9.17, 15) is 4.39 Å². The maximum absolute atomic E-state index is 12.9. The smallest absolute Gasteiger partial charge is 0.125 e. The summed E-state index contributed by atoms with van der Waals surface area (Å²) >= 11 is 5.07. The third kappa shape index (κ3) is 2.01. The van der Waals surface area contributed by atoms with Crippen molar-refractivity contribution in [2.75, 3.05) is 11.6 Å². The van der Waals surface area contributed by atoms with Gasteiger partial charge in [0.25, 0.3) is 0 Å². The zero-order valence-electron chi connectivity index (χ0n) is 7.66. The number of hydrazine groups is 1. The summed E-state index contributed by atoms with van der Waals surface area (Å²) in [6.07, 6.45) is 1.93. The van der Waals surface area contributed by atoms with Gasteiger partial charge in [0.05, 0.1) is 10.7 Å². The van der Waals surface area contributed by atoms with E-state index in [1.807, 2.05) is 11.1 Å². The van der Waals surface area contributed by atoms with Crippen molar-refractivity contribution in [1.29, 1.82) is 0 Å². The van der Waals surface area contributed by atoms with Gasteiger partial charge in [-0.3, -0.25) is 10.4 Å². The van der Waals surface area contributed by atoms with Crippen LogP contribution in [0.15, 0.2) is 24.3 Å². The fraction of sp³-hybridized carbons (Fsp3) is 0.300. The molecule has 0 unspecified atom stereocenters. The van der Waals surface area contributed by atoms with Gasteiger partial charge in [0.15, 0.2) is 0 Å². The first-order valence-electron chi connectivity index (χ1n) is 4.58. The normalized spacial score (nSPS) is 16.6. The summed E-state index contributed by atoms with van der Waals surface area (Å²) in [5.74, 6) is -0.221. The topological polar surface area (TPSA) is 15.3 Å². The molecule has 1 aliphatic rings. The predicted molar refractivity (Wildman–Crippen MR) is 58.7 cm³/mol. The lowest BCUT2D eigenvalue weighted by Gasteiger charge is -2.30. The molecule has 1 aliphatic heterocycles. The molecular weight excluding hydrogens is 199 g/mol. The number of anilines is 1. The van der Waals surface area contributed by atoms with Gasteiger partial charge in [0.1, 0.15) is 5.82 Å². The van der Waals surface area contributed by atoms with Crippen molar-refractivity contribution in [2.45, 2.75) is 12.8 Å². The average Bonchev–Trinajstić information content (AvgIpc) is 2.18. The molecule has 1 fully saturated rings. The van der Waals surface area contributed by atoms with Crippen molar-refractivity contribution < 1.29 is 4.39 Å². The molecule has 74 valence electrons. The van der Waals surface area contributed by atoms with Crippen LogP contribution >= 0.6 is 12.2 Å². The maximum Gasteiger partial charge on any atom is 0.125 e. The lowest BCUT2D eigenvalue weighted by molar-refractivity contribution is 0.621. The van der Waals surface area contributed by atoms with Crippen LogP contribution in [-0.2, 0) is 0 Å². The van der Waals surface area contributed by atoms with Crippen LogP contribution in [0.5, 0.6) is 0 Å². The van der Waals surface area contributed by atoms with Crippen LogP contribution in [-0.4, -0.2) is 11.5 Å². The summed E-state index contributed by atoms with van der Waals surface area (Å²) in [5, 5.41) is 1.88. The molecule has 1 saturated heterocycles. The van der Waals surface area contributed by atoms with Crippen molar-refractivity contribution in [1.82, 2.24) is 5.43 Å². The summed E-state index contributed by atoms with van der Waals surface area (Å²) < 4.78 is 12.9. The molecule has 1 aromatic rings. The molecule has 0 radical (unpaired) electrons. The van der Waals surface area contributed by atoms with Gasteiger partial charge < -0.3 is 0 Å². The predicted octanol–water partition coefficient (Wildman–Crippen LogP) is 2.26. The van der Waals surface area contributed by atoms with Gasteiger partial charge in [0, 0.05) is 13.0 Å². The highest BCUT2D eigenvalue weighted by Crippen LogP contribution is 2.16. The van der Waals surface area contributed by atoms with E-state index in [2.05, 4.69) is 5.43 Å². The Kier molecular flexibility index (Phi) is 2.63. The van der Waals surface area contributed by atoms with E-state index < -0.39 is 0 Å². The summed E-state index contributed by atoms with van der Waals surface area (Å²) in [7, 11) is 0. The Morgan fingerprint density at radius 3 is 3.00 bits per heavy atom. The first kappa shape index (κ1) is 9.40. The van der Waals surface area contributed by atoms with Gasteiger partial charge in [-0.1, -0.05) is 18.3 Å². The van der Waals surface area contributed by atoms with Gasteiger partial charge in [0.2, 0.25) is 0 Å². The number of nitrogens with zero attached hydrogens (tertiary/aromatic N) is 1. The zero-order valence-corrected chi connectivity index (χ0v) is 8.48. The Balaban J connectivity index is 2.17. The van der Waals surface area contributed by atoms with Crippen molar-refractivity contribution in [3.63, 3.8) is 0 Å². The Morgan fingerprint density at radius 2 is 2.29 bits per heavy atom. The summed E-state index contributed by atoms with van der Waals surface area (Å²) in [5.41, 5.74) is 3.88. The highest BCUT2D eigenvalue weighted by Gasteiger charge is 2.13. The zero-order chi connectivity index (χ0) is 9.97. The van der Waals surface area contributed by atoms with E-state index in [0.29, 0.717) is 0 Å². The molecule has 0 aliphatic carbocycles. The SMILES string of the molecule is Fc1cccc(N2CCCC(=S)N2)c1. The van der Waals surface area contributed by atoms with Gasteiger partial charge >= 0.3 is 0 Å². The molecule has 1 N–H and O–H groups in total. The Morgan fingerprint density at radius 1 is 1.43 bits per heavy atom. The van der Waals surface area contributed by atoms with Crippen molar-refractivity contribution >= 4 is 22.9 Å². The van der Waals surface area contributed by atoms with E-state index in [1.165, 1.54) is 12.1 Å². The minimum Gasteiger partial charge on any atom is -0.292 e. The van der Waals surface area contributed by atoms with Gasteiger partial charge in [-0.25, -0.2) is 4.39 Å². The minimum absolute atomic E-state index is 0.221. The van der Waals surface area contributed by atoms with Gasteiger partial charge in [-0.2, -0.15) is 0 Å². The molecule has 2 rings (SSSR count). The lowest BCUT2D eigenvalue weighted by atomic mass is 10.2. The quantitative estimate of drug-likeness (QED) is 0.716. The number of nitrogens with one attached hydrogen (secondary N) is 1. The molecule has 2 nitrogen and oxygen atoms in total. The number of thiocarbonyl (C=S) groups is 1. The number of hydrogen-bond donors (Lipinski definition) is 1. The first-order valence-corrected chi connectivity index (χ1v) is 4.99. The number of halogens is 1.